The maximum Gasteiger partial charge on any atom is 0.342 e. The lowest BCUT2D eigenvalue weighted by Gasteiger charge is -2.05. The highest BCUT2D eigenvalue weighted by Gasteiger charge is 2.22. The fraction of sp³-hybridized carbons (Fsp3) is 0.182. The number of carbonyl (C=O) groups excluding carboxylic acids is 1. The minimum absolute atomic E-state index is 0.104. The van der Waals surface area contributed by atoms with Gasteiger partial charge in [0.15, 0.2) is 6.61 Å². The number of hydrogen-bond donors (Lipinski definition) is 0. The van der Waals surface area contributed by atoms with Crippen LogP contribution in [0.15, 0.2) is 59.1 Å². The molecule has 2 aromatic carbocycles. The highest BCUT2D eigenvalue weighted by Crippen LogP contribution is 2.21. The zero-order valence-corrected chi connectivity index (χ0v) is 16.4. The van der Waals surface area contributed by atoms with Gasteiger partial charge in [0, 0.05) is 5.56 Å². The number of carbonyl (C=O) groups is 1. The number of aromatic nitrogens is 4. The van der Waals surface area contributed by atoms with Gasteiger partial charge in [-0.1, -0.05) is 47.6 Å². The van der Waals surface area contributed by atoms with Crippen molar-refractivity contribution in [1.82, 2.24) is 19.9 Å². The Labute approximate surface area is 167 Å². The average molecular weight is 388 g/mol. The van der Waals surface area contributed by atoms with E-state index in [1.807, 2.05) is 68.4 Å². The third kappa shape index (κ3) is 3.67. The van der Waals surface area contributed by atoms with Crippen LogP contribution in [0, 0.1) is 20.8 Å². The van der Waals surface area contributed by atoms with Crippen molar-refractivity contribution in [2.75, 3.05) is 0 Å². The first-order valence-corrected chi connectivity index (χ1v) is 9.22. The number of para-hydroxylation sites is 1. The summed E-state index contributed by atoms with van der Waals surface area (Å²) in [5, 5.41) is 8.46. The second-order valence-electron chi connectivity index (χ2n) is 6.70. The summed E-state index contributed by atoms with van der Waals surface area (Å²) in [6.07, 6.45) is 0. The Morgan fingerprint density at radius 3 is 2.52 bits per heavy atom. The van der Waals surface area contributed by atoms with E-state index in [1.165, 1.54) is 0 Å². The summed E-state index contributed by atoms with van der Waals surface area (Å²) >= 11 is 0. The summed E-state index contributed by atoms with van der Waals surface area (Å²) in [6, 6.07) is 17.4. The van der Waals surface area contributed by atoms with Crippen molar-refractivity contribution in [2.45, 2.75) is 27.4 Å². The molecule has 29 heavy (non-hydrogen) atoms. The summed E-state index contributed by atoms with van der Waals surface area (Å²) in [5.41, 5.74) is 4.55. The molecule has 7 nitrogen and oxygen atoms in total. The molecule has 4 rings (SSSR count). The van der Waals surface area contributed by atoms with E-state index in [2.05, 4.69) is 15.2 Å². The quantitative estimate of drug-likeness (QED) is 0.477. The molecule has 7 heteroatoms. The van der Waals surface area contributed by atoms with Gasteiger partial charge in [0.25, 0.3) is 5.89 Å². The first kappa shape index (κ1) is 18.6. The van der Waals surface area contributed by atoms with E-state index in [1.54, 1.807) is 11.6 Å². The molecule has 0 saturated carbocycles. The van der Waals surface area contributed by atoms with Gasteiger partial charge in [0.05, 0.1) is 17.1 Å². The highest BCUT2D eigenvalue weighted by molar-refractivity contribution is 5.92. The molecule has 0 aliphatic carbocycles. The Morgan fingerprint density at radius 1 is 1.03 bits per heavy atom. The smallest absolute Gasteiger partial charge is 0.342 e. The van der Waals surface area contributed by atoms with E-state index in [4.69, 9.17) is 9.26 Å². The van der Waals surface area contributed by atoms with Gasteiger partial charge in [0.2, 0.25) is 5.82 Å². The molecule has 0 spiro atoms. The Hall–Kier alpha value is -3.74. The average Bonchev–Trinajstić information content (AvgIpc) is 3.31. The second-order valence-corrected chi connectivity index (χ2v) is 6.70. The van der Waals surface area contributed by atoms with E-state index < -0.39 is 5.97 Å². The predicted octanol–water partition coefficient (Wildman–Crippen LogP) is 4.20. The van der Waals surface area contributed by atoms with Crippen LogP contribution in [0.2, 0.25) is 0 Å². The summed E-state index contributed by atoms with van der Waals surface area (Å²) in [7, 11) is 0. The molecular formula is C22H20N4O3. The Bertz CT molecular complexity index is 1160. The fourth-order valence-electron chi connectivity index (χ4n) is 3.20. The maximum absolute atomic E-state index is 12.7. The summed E-state index contributed by atoms with van der Waals surface area (Å²) in [5.74, 6) is 0.235. The predicted molar refractivity (Wildman–Crippen MR) is 107 cm³/mol. The van der Waals surface area contributed by atoms with Gasteiger partial charge < -0.3 is 9.26 Å². The van der Waals surface area contributed by atoms with Crippen LogP contribution in [0.5, 0.6) is 0 Å². The molecule has 0 saturated heterocycles. The first-order valence-electron chi connectivity index (χ1n) is 9.22. The molecule has 0 bridgehead atoms. The zero-order chi connectivity index (χ0) is 20.4. The van der Waals surface area contributed by atoms with Crippen molar-refractivity contribution in [3.8, 4) is 17.1 Å². The highest BCUT2D eigenvalue weighted by atomic mass is 16.6. The minimum Gasteiger partial charge on any atom is -0.452 e. The van der Waals surface area contributed by atoms with E-state index in [9.17, 15) is 4.79 Å². The van der Waals surface area contributed by atoms with Gasteiger partial charge in [-0.3, -0.25) is 0 Å². The second kappa shape index (κ2) is 7.71. The molecule has 0 unspecified atom stereocenters. The Morgan fingerprint density at radius 2 is 1.76 bits per heavy atom. The standard InChI is InChI=1S/C22H20N4O3/c1-14-9-7-8-12-18(14)21-23-19(29-25-21)13-28-22(27)20-15(2)24-26(16(20)3)17-10-5-4-6-11-17/h4-12H,13H2,1-3H3. The molecule has 2 aromatic heterocycles. The SMILES string of the molecule is Cc1ccccc1-c1noc(COC(=O)c2c(C)nn(-c3ccccc3)c2C)n1. The third-order valence-electron chi connectivity index (χ3n) is 4.68. The summed E-state index contributed by atoms with van der Waals surface area (Å²) in [6.45, 7) is 5.49. The van der Waals surface area contributed by atoms with Crippen LogP contribution in [0.1, 0.15) is 33.2 Å². The molecular weight excluding hydrogens is 368 g/mol. The van der Waals surface area contributed by atoms with E-state index in [0.717, 1.165) is 16.8 Å². The first-order chi connectivity index (χ1) is 14.0. The van der Waals surface area contributed by atoms with Crippen molar-refractivity contribution in [1.29, 1.82) is 0 Å². The van der Waals surface area contributed by atoms with Crippen molar-refractivity contribution in [2.24, 2.45) is 0 Å². The fourth-order valence-corrected chi connectivity index (χ4v) is 3.20. The topological polar surface area (TPSA) is 83.0 Å². The van der Waals surface area contributed by atoms with Crippen LogP contribution in [-0.4, -0.2) is 25.9 Å². The van der Waals surface area contributed by atoms with Gasteiger partial charge in [-0.15, -0.1) is 0 Å². The minimum atomic E-state index is -0.474. The largest absolute Gasteiger partial charge is 0.452 e. The van der Waals surface area contributed by atoms with Crippen LogP contribution >= 0.6 is 0 Å². The number of nitrogens with zero attached hydrogens (tertiary/aromatic N) is 4. The van der Waals surface area contributed by atoms with Crippen molar-refractivity contribution < 1.29 is 14.1 Å². The lowest BCUT2D eigenvalue weighted by Crippen LogP contribution is -2.08. The van der Waals surface area contributed by atoms with Crippen molar-refractivity contribution >= 4 is 5.97 Å². The van der Waals surface area contributed by atoms with Gasteiger partial charge in [-0.2, -0.15) is 10.1 Å². The lowest BCUT2D eigenvalue weighted by atomic mass is 10.1. The van der Waals surface area contributed by atoms with Crippen LogP contribution in [-0.2, 0) is 11.3 Å². The molecule has 0 N–H and O–H groups in total. The van der Waals surface area contributed by atoms with Gasteiger partial charge in [-0.05, 0) is 38.5 Å². The number of rotatable bonds is 5. The molecule has 146 valence electrons. The summed E-state index contributed by atoms with van der Waals surface area (Å²) < 4.78 is 12.4. The van der Waals surface area contributed by atoms with E-state index in [-0.39, 0.29) is 12.5 Å². The number of hydrogen-bond acceptors (Lipinski definition) is 6. The molecule has 0 radical (unpaired) electrons. The summed E-state index contributed by atoms with van der Waals surface area (Å²) in [4.78, 5) is 17.0. The maximum atomic E-state index is 12.7. The molecule has 0 aliphatic heterocycles. The number of ether oxygens (including phenoxy) is 1. The molecule has 0 fully saturated rings. The monoisotopic (exact) mass is 388 g/mol. The lowest BCUT2D eigenvalue weighted by molar-refractivity contribution is 0.0428. The van der Waals surface area contributed by atoms with Crippen molar-refractivity contribution in [3.05, 3.63) is 83.0 Å². The van der Waals surface area contributed by atoms with Crippen LogP contribution in [0.3, 0.4) is 0 Å². The molecule has 0 aliphatic rings. The number of aryl methyl sites for hydroxylation is 2. The number of benzene rings is 2. The van der Waals surface area contributed by atoms with Gasteiger partial charge >= 0.3 is 5.97 Å². The van der Waals surface area contributed by atoms with Crippen LogP contribution in [0.4, 0.5) is 0 Å². The van der Waals surface area contributed by atoms with E-state index in [0.29, 0.717) is 22.8 Å². The Kier molecular flexibility index (Phi) is 4.95. The molecule has 0 amide bonds. The van der Waals surface area contributed by atoms with Crippen molar-refractivity contribution in [3.63, 3.8) is 0 Å². The van der Waals surface area contributed by atoms with Crippen LogP contribution in [0.25, 0.3) is 17.1 Å². The van der Waals surface area contributed by atoms with Gasteiger partial charge in [-0.25, -0.2) is 9.48 Å². The van der Waals surface area contributed by atoms with Crippen LogP contribution < -0.4 is 0 Å². The molecule has 4 aromatic rings. The normalized spacial score (nSPS) is 10.9. The molecule has 0 atom stereocenters. The van der Waals surface area contributed by atoms with E-state index >= 15 is 0 Å². The Balaban J connectivity index is 1.50. The third-order valence-corrected chi connectivity index (χ3v) is 4.68. The number of esters is 1. The molecule has 2 heterocycles. The van der Waals surface area contributed by atoms with Gasteiger partial charge in [0.1, 0.15) is 5.56 Å². The zero-order valence-electron chi connectivity index (χ0n) is 16.4.